The highest BCUT2D eigenvalue weighted by Gasteiger charge is 2.24. The highest BCUT2D eigenvalue weighted by Crippen LogP contribution is 2.28. The van der Waals surface area contributed by atoms with Crippen LogP contribution in [0.15, 0.2) is 30.7 Å². The van der Waals surface area contributed by atoms with E-state index in [0.29, 0.717) is 5.92 Å². The van der Waals surface area contributed by atoms with E-state index in [1.165, 1.54) is 5.69 Å². The third kappa shape index (κ3) is 3.37. The molecule has 1 aliphatic rings. The van der Waals surface area contributed by atoms with Gasteiger partial charge in [0.05, 0.1) is 6.33 Å². The Morgan fingerprint density at radius 3 is 2.71 bits per heavy atom. The average Bonchev–Trinajstić information content (AvgIpc) is 3.11. The van der Waals surface area contributed by atoms with Gasteiger partial charge in [0.1, 0.15) is 0 Å². The van der Waals surface area contributed by atoms with E-state index in [1.54, 1.807) is 6.33 Å². The summed E-state index contributed by atoms with van der Waals surface area (Å²) < 4.78 is 0. The average molecular weight is 327 g/mol. The SMILES string of the molecule is Cc1c(NC(=O)N2CCC(c3cnc[nH]3)CC2)cccc1N(C)C. The summed E-state index contributed by atoms with van der Waals surface area (Å²) in [5.41, 5.74) is 4.25. The molecule has 0 radical (unpaired) electrons. The fourth-order valence-corrected chi connectivity index (χ4v) is 3.32. The van der Waals surface area contributed by atoms with Gasteiger partial charge in [-0.05, 0) is 37.5 Å². The van der Waals surface area contributed by atoms with Crippen molar-refractivity contribution >= 4 is 17.4 Å². The van der Waals surface area contributed by atoms with Crippen molar-refractivity contribution in [2.45, 2.75) is 25.7 Å². The molecule has 1 fully saturated rings. The number of amides is 2. The minimum absolute atomic E-state index is 0.0166. The van der Waals surface area contributed by atoms with Gasteiger partial charge in [-0.3, -0.25) is 0 Å². The number of hydrogen-bond donors (Lipinski definition) is 2. The number of nitrogens with one attached hydrogen (secondary N) is 2. The van der Waals surface area contributed by atoms with Crippen LogP contribution in [0.1, 0.15) is 30.0 Å². The molecule has 0 aliphatic carbocycles. The molecule has 128 valence electrons. The number of carbonyl (C=O) groups is 1. The lowest BCUT2D eigenvalue weighted by atomic mass is 9.94. The van der Waals surface area contributed by atoms with Crippen LogP contribution in [0.3, 0.4) is 0 Å². The number of urea groups is 1. The largest absolute Gasteiger partial charge is 0.377 e. The first-order valence-electron chi connectivity index (χ1n) is 8.37. The molecule has 6 heteroatoms. The zero-order chi connectivity index (χ0) is 17.1. The van der Waals surface area contributed by atoms with Crippen LogP contribution >= 0.6 is 0 Å². The third-order valence-corrected chi connectivity index (χ3v) is 4.77. The molecule has 0 bridgehead atoms. The van der Waals surface area contributed by atoms with Crippen molar-refractivity contribution in [1.29, 1.82) is 0 Å². The zero-order valence-corrected chi connectivity index (χ0v) is 14.5. The third-order valence-electron chi connectivity index (χ3n) is 4.77. The van der Waals surface area contributed by atoms with Gasteiger partial charge in [0.25, 0.3) is 0 Å². The summed E-state index contributed by atoms with van der Waals surface area (Å²) >= 11 is 0. The Morgan fingerprint density at radius 2 is 2.08 bits per heavy atom. The lowest BCUT2D eigenvalue weighted by molar-refractivity contribution is 0.194. The van der Waals surface area contributed by atoms with Gasteiger partial charge in [-0.1, -0.05) is 6.07 Å². The molecule has 2 aromatic rings. The van der Waals surface area contributed by atoms with Gasteiger partial charge in [0.15, 0.2) is 0 Å². The monoisotopic (exact) mass is 327 g/mol. The minimum Gasteiger partial charge on any atom is -0.377 e. The number of benzene rings is 1. The molecular formula is C18H25N5O. The number of nitrogens with zero attached hydrogens (tertiary/aromatic N) is 3. The van der Waals surface area contributed by atoms with Gasteiger partial charge in [-0.15, -0.1) is 0 Å². The van der Waals surface area contributed by atoms with Crippen LogP contribution in [-0.4, -0.2) is 48.1 Å². The van der Waals surface area contributed by atoms with Crippen molar-refractivity contribution in [1.82, 2.24) is 14.9 Å². The number of aromatic amines is 1. The molecule has 0 spiro atoms. The molecular weight excluding hydrogens is 302 g/mol. The Labute approximate surface area is 142 Å². The molecule has 2 amide bonds. The second-order valence-corrected chi connectivity index (χ2v) is 6.54. The van der Waals surface area contributed by atoms with E-state index in [1.807, 2.05) is 44.2 Å². The van der Waals surface area contributed by atoms with Gasteiger partial charge >= 0.3 is 6.03 Å². The predicted octanol–water partition coefficient (Wildman–Crippen LogP) is 3.20. The smallest absolute Gasteiger partial charge is 0.321 e. The number of imidazole rings is 1. The molecule has 0 unspecified atom stereocenters. The van der Waals surface area contributed by atoms with E-state index in [2.05, 4.69) is 26.3 Å². The van der Waals surface area contributed by atoms with E-state index in [9.17, 15) is 4.79 Å². The number of aromatic nitrogens is 2. The first-order valence-corrected chi connectivity index (χ1v) is 8.37. The second kappa shape index (κ2) is 6.95. The fraction of sp³-hybridized carbons (Fsp3) is 0.444. The van der Waals surface area contributed by atoms with Crippen LogP contribution in [0.2, 0.25) is 0 Å². The van der Waals surface area contributed by atoms with Crippen molar-refractivity contribution in [3.05, 3.63) is 42.0 Å². The molecule has 0 saturated carbocycles. The van der Waals surface area contributed by atoms with Gasteiger partial charge in [-0.2, -0.15) is 0 Å². The summed E-state index contributed by atoms with van der Waals surface area (Å²) in [6, 6.07) is 5.97. The minimum atomic E-state index is -0.0166. The van der Waals surface area contributed by atoms with Crippen molar-refractivity contribution in [3.8, 4) is 0 Å². The van der Waals surface area contributed by atoms with Crippen molar-refractivity contribution in [2.24, 2.45) is 0 Å². The maximum atomic E-state index is 12.6. The molecule has 3 rings (SSSR count). The maximum absolute atomic E-state index is 12.6. The second-order valence-electron chi connectivity index (χ2n) is 6.54. The van der Waals surface area contributed by atoms with Gasteiger partial charge in [0.2, 0.25) is 0 Å². The Balaban J connectivity index is 1.61. The standard InChI is InChI=1S/C18H25N5O/c1-13-15(5-4-6-17(13)22(2)3)21-18(24)23-9-7-14(8-10-23)16-11-19-12-20-16/h4-6,11-12,14H,7-10H2,1-3H3,(H,19,20)(H,21,24). The summed E-state index contributed by atoms with van der Waals surface area (Å²) in [7, 11) is 4.02. The summed E-state index contributed by atoms with van der Waals surface area (Å²) in [6.07, 6.45) is 5.53. The number of hydrogen-bond acceptors (Lipinski definition) is 3. The van der Waals surface area contributed by atoms with Crippen molar-refractivity contribution < 1.29 is 4.79 Å². The van der Waals surface area contributed by atoms with Gasteiger partial charge < -0.3 is 20.1 Å². The number of piperidine rings is 1. The number of H-pyrrole nitrogens is 1. The molecule has 24 heavy (non-hydrogen) atoms. The first kappa shape index (κ1) is 16.4. The summed E-state index contributed by atoms with van der Waals surface area (Å²) in [4.78, 5) is 23.8. The van der Waals surface area contributed by atoms with E-state index in [-0.39, 0.29) is 6.03 Å². The van der Waals surface area contributed by atoms with Gasteiger partial charge in [-0.25, -0.2) is 9.78 Å². The molecule has 2 N–H and O–H groups in total. The molecule has 1 aliphatic heterocycles. The molecule has 6 nitrogen and oxygen atoms in total. The maximum Gasteiger partial charge on any atom is 0.321 e. The van der Waals surface area contributed by atoms with Crippen LogP contribution in [0.4, 0.5) is 16.2 Å². The van der Waals surface area contributed by atoms with E-state index in [0.717, 1.165) is 42.9 Å². The lowest BCUT2D eigenvalue weighted by Gasteiger charge is -2.31. The van der Waals surface area contributed by atoms with E-state index >= 15 is 0 Å². The Morgan fingerprint density at radius 1 is 1.33 bits per heavy atom. The Hall–Kier alpha value is -2.50. The first-order chi connectivity index (χ1) is 11.6. The molecule has 1 saturated heterocycles. The quantitative estimate of drug-likeness (QED) is 0.910. The lowest BCUT2D eigenvalue weighted by Crippen LogP contribution is -2.40. The Bertz CT molecular complexity index is 687. The normalized spacial score (nSPS) is 15.4. The van der Waals surface area contributed by atoms with Crippen LogP contribution in [0, 0.1) is 6.92 Å². The predicted molar refractivity (Wildman–Crippen MR) is 96.7 cm³/mol. The van der Waals surface area contributed by atoms with Crippen LogP contribution in [-0.2, 0) is 0 Å². The zero-order valence-electron chi connectivity index (χ0n) is 14.5. The van der Waals surface area contributed by atoms with Crippen LogP contribution < -0.4 is 10.2 Å². The number of carbonyl (C=O) groups excluding carboxylic acids is 1. The van der Waals surface area contributed by atoms with E-state index < -0.39 is 0 Å². The van der Waals surface area contributed by atoms with Crippen molar-refractivity contribution in [3.63, 3.8) is 0 Å². The molecule has 1 aromatic carbocycles. The molecule has 2 heterocycles. The number of rotatable bonds is 3. The fourth-order valence-electron chi connectivity index (χ4n) is 3.32. The Kier molecular flexibility index (Phi) is 4.74. The summed E-state index contributed by atoms with van der Waals surface area (Å²) in [5, 5.41) is 3.06. The van der Waals surface area contributed by atoms with Crippen LogP contribution in [0.25, 0.3) is 0 Å². The van der Waals surface area contributed by atoms with Crippen molar-refractivity contribution in [2.75, 3.05) is 37.4 Å². The number of anilines is 2. The number of likely N-dealkylation sites (tertiary alicyclic amines) is 1. The van der Waals surface area contributed by atoms with E-state index in [4.69, 9.17) is 0 Å². The highest BCUT2D eigenvalue weighted by molar-refractivity contribution is 5.91. The molecule has 1 aromatic heterocycles. The van der Waals surface area contributed by atoms with Gasteiger partial charge in [0, 0.05) is 56.4 Å². The molecule has 0 atom stereocenters. The summed E-state index contributed by atoms with van der Waals surface area (Å²) in [6.45, 7) is 3.57. The topological polar surface area (TPSA) is 64.3 Å². The van der Waals surface area contributed by atoms with Crippen LogP contribution in [0.5, 0.6) is 0 Å². The highest BCUT2D eigenvalue weighted by atomic mass is 16.2. The summed E-state index contributed by atoms with van der Waals surface area (Å²) in [5.74, 6) is 0.468.